The van der Waals surface area contributed by atoms with Gasteiger partial charge in [-0.05, 0) is 48.5 Å². The SMILES string of the molecule is Oc1ccccc1[C-]1NN=C(c2ccc(Cl)cc2)O1.Oc1ccccc1[C-]1NN=C(c2ccc(Cl)cc2)O1.[Zn+2]. The number of ether oxygens (including phenoxy) is 2. The Morgan fingerprint density at radius 2 is 0.923 bits per heavy atom. The van der Waals surface area contributed by atoms with E-state index in [-0.39, 0.29) is 31.0 Å². The van der Waals surface area contributed by atoms with E-state index in [1.807, 2.05) is 36.4 Å². The van der Waals surface area contributed by atoms with Gasteiger partial charge in [0.25, 0.3) is 0 Å². The molecule has 11 heteroatoms. The molecule has 0 amide bonds. The minimum absolute atomic E-state index is 0. The third-order valence-electron chi connectivity index (χ3n) is 5.40. The number of para-hydroxylation sites is 2. The topological polar surface area (TPSA) is 108 Å². The second-order valence-corrected chi connectivity index (χ2v) is 8.84. The van der Waals surface area contributed by atoms with Crippen LogP contribution in [0.25, 0.3) is 0 Å². The number of phenolic OH excluding ortho intramolecular Hbond substituents is 2. The molecule has 0 radical (unpaired) electrons. The minimum Gasteiger partial charge on any atom is -0.565 e. The number of hydrogen-bond donors (Lipinski definition) is 4. The van der Waals surface area contributed by atoms with E-state index in [0.29, 0.717) is 45.4 Å². The molecule has 2 aliphatic heterocycles. The summed E-state index contributed by atoms with van der Waals surface area (Å²) >= 11 is 11.7. The van der Waals surface area contributed by atoms with Crippen molar-refractivity contribution in [3.05, 3.63) is 142 Å². The molecule has 0 atom stereocenters. The number of hydrazone groups is 2. The molecule has 0 fully saturated rings. The first-order valence-electron chi connectivity index (χ1n) is 11.3. The van der Waals surface area contributed by atoms with Gasteiger partial charge in [-0.25, -0.2) is 0 Å². The molecule has 39 heavy (non-hydrogen) atoms. The smallest absolute Gasteiger partial charge is 0.565 e. The van der Waals surface area contributed by atoms with Gasteiger partial charge in [-0.3, -0.25) is 10.9 Å². The zero-order chi connectivity index (χ0) is 26.5. The maximum atomic E-state index is 9.75. The van der Waals surface area contributed by atoms with Crippen molar-refractivity contribution in [3.63, 3.8) is 0 Å². The fraction of sp³-hybridized carbons (Fsp3) is 0. The van der Waals surface area contributed by atoms with E-state index in [4.69, 9.17) is 32.7 Å². The maximum absolute atomic E-state index is 9.75. The van der Waals surface area contributed by atoms with E-state index < -0.39 is 0 Å². The number of phenols is 2. The van der Waals surface area contributed by atoms with Crippen molar-refractivity contribution in [2.45, 2.75) is 0 Å². The standard InChI is InChI=1S/2C14H10ClN2O2.Zn/c2*15-10-7-5-9(6-8-10)13-16-17-14(19-13)11-3-1-2-4-12(11)18;/h2*1-8,17-18H;/q2*-1;+2. The number of nitrogens with one attached hydrogen (secondary N) is 2. The normalized spacial score (nSPS) is 13.4. The van der Waals surface area contributed by atoms with E-state index in [2.05, 4.69) is 21.1 Å². The third kappa shape index (κ3) is 6.70. The van der Waals surface area contributed by atoms with Crippen LogP contribution in [0.5, 0.6) is 11.5 Å². The van der Waals surface area contributed by atoms with Crippen LogP contribution in [-0.4, -0.2) is 22.0 Å². The first kappa shape index (κ1) is 28.0. The number of benzene rings is 4. The van der Waals surface area contributed by atoms with E-state index in [1.165, 1.54) is 0 Å². The summed E-state index contributed by atoms with van der Waals surface area (Å²) in [5, 5.41) is 29.0. The summed E-state index contributed by atoms with van der Waals surface area (Å²) in [6, 6.07) is 28.1. The first-order chi connectivity index (χ1) is 18.5. The molecule has 8 nitrogen and oxygen atoms in total. The molecule has 0 bridgehead atoms. The second kappa shape index (κ2) is 12.7. The van der Waals surface area contributed by atoms with Crippen molar-refractivity contribution in [2.75, 3.05) is 0 Å². The van der Waals surface area contributed by atoms with E-state index >= 15 is 0 Å². The summed E-state index contributed by atoms with van der Waals surface area (Å²) < 4.78 is 11.2. The molecule has 0 saturated carbocycles. The van der Waals surface area contributed by atoms with E-state index in [9.17, 15) is 10.2 Å². The molecule has 0 saturated heterocycles. The van der Waals surface area contributed by atoms with Gasteiger partial charge in [-0.15, -0.1) is 22.3 Å². The van der Waals surface area contributed by atoms with Crippen LogP contribution in [0.1, 0.15) is 22.3 Å². The second-order valence-electron chi connectivity index (χ2n) is 7.97. The van der Waals surface area contributed by atoms with Crippen LogP contribution >= 0.6 is 23.2 Å². The Bertz CT molecular complexity index is 1370. The largest absolute Gasteiger partial charge is 2.00 e. The molecule has 2 aliphatic rings. The third-order valence-corrected chi connectivity index (χ3v) is 5.90. The summed E-state index contributed by atoms with van der Waals surface area (Å²) in [5.41, 5.74) is 8.28. The Morgan fingerprint density at radius 1 is 0.564 bits per heavy atom. The van der Waals surface area contributed by atoms with Crippen molar-refractivity contribution >= 4 is 35.0 Å². The van der Waals surface area contributed by atoms with Gasteiger partial charge in [-0.2, -0.15) is 12.1 Å². The molecule has 4 aromatic rings. The fourth-order valence-corrected chi connectivity index (χ4v) is 3.73. The Morgan fingerprint density at radius 3 is 1.28 bits per heavy atom. The molecule has 4 N–H and O–H groups in total. The van der Waals surface area contributed by atoms with Gasteiger partial charge in [0.05, 0.1) is 0 Å². The van der Waals surface area contributed by atoms with Gasteiger partial charge < -0.3 is 19.7 Å². The van der Waals surface area contributed by atoms with Crippen LogP contribution in [0.4, 0.5) is 0 Å². The summed E-state index contributed by atoms with van der Waals surface area (Å²) in [6.07, 6.45) is 0.811. The molecule has 192 valence electrons. The van der Waals surface area contributed by atoms with Gasteiger partial charge in [0.1, 0.15) is 12.5 Å². The average Bonchev–Trinajstić information content (AvgIpc) is 3.61. The number of aromatic hydroxyl groups is 2. The Kier molecular flexibility index (Phi) is 9.09. The molecule has 0 unspecified atom stereocenters. The van der Waals surface area contributed by atoms with Crippen molar-refractivity contribution < 1.29 is 39.2 Å². The Hall–Kier alpha value is -4.04. The molecular weight excluding hydrogens is 593 g/mol. The van der Waals surface area contributed by atoms with Gasteiger partial charge in [0.2, 0.25) is 11.8 Å². The van der Waals surface area contributed by atoms with Crippen LogP contribution in [0.2, 0.25) is 10.0 Å². The van der Waals surface area contributed by atoms with Gasteiger partial charge in [0.15, 0.2) is 0 Å². The minimum atomic E-state index is 0. The molecule has 0 aliphatic carbocycles. The molecule has 6 rings (SSSR count). The number of rotatable bonds is 4. The van der Waals surface area contributed by atoms with Crippen LogP contribution in [0.3, 0.4) is 0 Å². The van der Waals surface area contributed by atoms with Gasteiger partial charge in [0, 0.05) is 32.7 Å². The predicted octanol–water partition coefficient (Wildman–Crippen LogP) is 5.73. The van der Waals surface area contributed by atoms with E-state index in [1.54, 1.807) is 60.7 Å². The van der Waals surface area contributed by atoms with Crippen molar-refractivity contribution in [2.24, 2.45) is 10.2 Å². The number of halogens is 2. The first-order valence-corrected chi connectivity index (χ1v) is 12.1. The molecular formula is C28H20Cl2N4O4Zn. The zero-order valence-corrected chi connectivity index (χ0v) is 24.8. The van der Waals surface area contributed by atoms with Crippen molar-refractivity contribution in [3.8, 4) is 11.5 Å². The maximum Gasteiger partial charge on any atom is 2.00 e. The number of nitrogens with zero attached hydrogens (tertiary/aromatic N) is 2. The van der Waals surface area contributed by atoms with Crippen LogP contribution < -0.4 is 10.9 Å². The van der Waals surface area contributed by atoms with Gasteiger partial charge in [-0.1, -0.05) is 58.6 Å². The molecule has 0 spiro atoms. The van der Waals surface area contributed by atoms with Gasteiger partial charge >= 0.3 is 19.5 Å². The quantitative estimate of drug-likeness (QED) is 0.173. The number of hydrogen-bond acceptors (Lipinski definition) is 8. The van der Waals surface area contributed by atoms with Crippen molar-refractivity contribution in [1.82, 2.24) is 10.9 Å². The van der Waals surface area contributed by atoms with Crippen LogP contribution in [0.15, 0.2) is 107 Å². The zero-order valence-electron chi connectivity index (χ0n) is 20.3. The fourth-order valence-electron chi connectivity index (χ4n) is 3.48. The summed E-state index contributed by atoms with van der Waals surface area (Å²) in [6.45, 7) is 0. The molecule has 4 aromatic carbocycles. The van der Waals surface area contributed by atoms with E-state index in [0.717, 1.165) is 11.1 Å². The van der Waals surface area contributed by atoms with Crippen LogP contribution in [-0.2, 0) is 29.0 Å². The summed E-state index contributed by atoms with van der Waals surface area (Å²) in [5.74, 6) is 1.15. The van der Waals surface area contributed by atoms with Crippen LogP contribution in [0, 0.1) is 12.5 Å². The Labute approximate surface area is 247 Å². The summed E-state index contributed by atoms with van der Waals surface area (Å²) in [7, 11) is 0. The molecule has 2 heterocycles. The molecule has 0 aromatic heterocycles. The average molecular weight is 613 g/mol. The monoisotopic (exact) mass is 610 g/mol. The predicted molar refractivity (Wildman–Crippen MR) is 145 cm³/mol. The van der Waals surface area contributed by atoms with Crippen molar-refractivity contribution in [1.29, 1.82) is 0 Å². The summed E-state index contributed by atoms with van der Waals surface area (Å²) in [4.78, 5) is 0. The Balaban J connectivity index is 0.000000176.